The molecular weight excluding hydrogens is 254 g/mol. The number of nitrogens with zero attached hydrogens (tertiary/aromatic N) is 1. The van der Waals surface area contributed by atoms with Gasteiger partial charge in [-0.25, -0.2) is 4.79 Å². The number of aliphatic hydroxyl groups excluding tert-OH is 1. The van der Waals surface area contributed by atoms with Crippen LogP contribution in [-0.2, 0) is 9.53 Å². The summed E-state index contributed by atoms with van der Waals surface area (Å²) in [6, 6.07) is 5.32. The van der Waals surface area contributed by atoms with Crippen molar-refractivity contribution in [2.75, 3.05) is 21.3 Å². The van der Waals surface area contributed by atoms with Gasteiger partial charge in [0.05, 0.1) is 14.2 Å². The average Bonchev–Trinajstić information content (AvgIpc) is 2.38. The number of rotatable bonds is 2. The van der Waals surface area contributed by atoms with Crippen LogP contribution in [0, 0.1) is 0 Å². The van der Waals surface area contributed by atoms with Gasteiger partial charge in [0, 0.05) is 17.5 Å². The third kappa shape index (κ3) is 1.99. The summed E-state index contributed by atoms with van der Waals surface area (Å²) >= 11 is 1.35. The number of likely N-dealkylation sites (N-methyl/N-ethyl adjacent to an activating group) is 1. The van der Waals surface area contributed by atoms with Gasteiger partial charge in [-0.1, -0.05) is 0 Å². The van der Waals surface area contributed by atoms with E-state index in [0.29, 0.717) is 11.3 Å². The van der Waals surface area contributed by atoms with Crippen LogP contribution in [-0.4, -0.2) is 36.6 Å². The number of fused-ring (bicyclic) bond motifs is 1. The first-order valence-electron chi connectivity index (χ1n) is 5.20. The Morgan fingerprint density at radius 2 is 2.11 bits per heavy atom. The van der Waals surface area contributed by atoms with Gasteiger partial charge in [0.25, 0.3) is 0 Å². The molecule has 5 nitrogen and oxygen atoms in total. The molecule has 1 aliphatic heterocycles. The second kappa shape index (κ2) is 4.81. The largest absolute Gasteiger partial charge is 0.505 e. The third-order valence-electron chi connectivity index (χ3n) is 2.60. The minimum Gasteiger partial charge on any atom is -0.505 e. The van der Waals surface area contributed by atoms with Crippen LogP contribution in [0.25, 0.3) is 5.76 Å². The van der Waals surface area contributed by atoms with Crippen molar-refractivity contribution < 1.29 is 19.4 Å². The number of carbonyl (C=O) groups is 1. The molecule has 0 unspecified atom stereocenters. The lowest BCUT2D eigenvalue weighted by Crippen LogP contribution is -2.23. The zero-order chi connectivity index (χ0) is 13.3. The molecule has 1 N–H and O–H groups in total. The molecule has 0 aromatic heterocycles. The van der Waals surface area contributed by atoms with Gasteiger partial charge in [-0.2, -0.15) is 0 Å². The van der Waals surface area contributed by atoms with E-state index < -0.39 is 5.97 Å². The lowest BCUT2D eigenvalue weighted by molar-refractivity contribution is -0.137. The Hall–Kier alpha value is -1.82. The van der Waals surface area contributed by atoms with E-state index in [1.807, 2.05) is 6.07 Å². The Morgan fingerprint density at radius 1 is 1.39 bits per heavy atom. The van der Waals surface area contributed by atoms with Crippen LogP contribution in [0.5, 0.6) is 5.75 Å². The predicted molar refractivity (Wildman–Crippen MR) is 68.2 cm³/mol. The molecule has 1 heterocycles. The van der Waals surface area contributed by atoms with Gasteiger partial charge in [0.15, 0.2) is 11.5 Å². The highest BCUT2D eigenvalue weighted by Crippen LogP contribution is 2.40. The predicted octanol–water partition coefficient (Wildman–Crippen LogP) is 2.05. The van der Waals surface area contributed by atoms with E-state index >= 15 is 0 Å². The summed E-state index contributed by atoms with van der Waals surface area (Å²) in [7, 11) is 4.52. The molecule has 18 heavy (non-hydrogen) atoms. The molecule has 0 radical (unpaired) electrons. The van der Waals surface area contributed by atoms with Crippen molar-refractivity contribution >= 4 is 23.7 Å². The zero-order valence-electron chi connectivity index (χ0n) is 10.3. The number of ether oxygens (including phenoxy) is 2. The summed E-state index contributed by atoms with van der Waals surface area (Å²) in [4.78, 5) is 12.5. The minimum atomic E-state index is -0.573. The van der Waals surface area contributed by atoms with Crippen molar-refractivity contribution in [3.8, 4) is 5.75 Å². The van der Waals surface area contributed by atoms with Crippen molar-refractivity contribution in [2.24, 2.45) is 0 Å². The quantitative estimate of drug-likeness (QED) is 0.653. The van der Waals surface area contributed by atoms with Crippen LogP contribution in [0.2, 0.25) is 0 Å². The third-order valence-corrected chi connectivity index (χ3v) is 3.60. The van der Waals surface area contributed by atoms with Crippen LogP contribution in [0.15, 0.2) is 28.8 Å². The second-order valence-corrected chi connectivity index (χ2v) is 4.81. The fourth-order valence-corrected chi connectivity index (χ4v) is 2.62. The first kappa shape index (κ1) is 12.6. The summed E-state index contributed by atoms with van der Waals surface area (Å²) in [5.74, 6) is -0.0531. The van der Waals surface area contributed by atoms with Crippen LogP contribution in [0.3, 0.4) is 0 Å². The number of esters is 1. The van der Waals surface area contributed by atoms with Gasteiger partial charge < -0.3 is 18.9 Å². The Labute approximate surface area is 109 Å². The number of hydrogen-bond acceptors (Lipinski definition) is 6. The summed E-state index contributed by atoms with van der Waals surface area (Å²) < 4.78 is 11.3. The molecule has 0 aliphatic carbocycles. The maximum atomic E-state index is 11.6. The van der Waals surface area contributed by atoms with E-state index in [1.165, 1.54) is 19.1 Å². The van der Waals surface area contributed by atoms with Crippen LogP contribution in [0.1, 0.15) is 5.56 Å². The van der Waals surface area contributed by atoms with Crippen molar-refractivity contribution in [2.45, 2.75) is 4.90 Å². The molecule has 1 aliphatic rings. The van der Waals surface area contributed by atoms with Crippen LogP contribution >= 0.6 is 11.9 Å². The highest BCUT2D eigenvalue weighted by Gasteiger charge is 2.29. The van der Waals surface area contributed by atoms with E-state index in [9.17, 15) is 9.90 Å². The van der Waals surface area contributed by atoms with E-state index in [4.69, 9.17) is 4.74 Å². The number of carbonyl (C=O) groups excluding carboxylic acids is 1. The lowest BCUT2D eigenvalue weighted by atomic mass is 10.1. The zero-order valence-corrected chi connectivity index (χ0v) is 11.1. The van der Waals surface area contributed by atoms with Crippen molar-refractivity contribution in [1.29, 1.82) is 0 Å². The van der Waals surface area contributed by atoms with Crippen LogP contribution < -0.4 is 4.74 Å². The fourth-order valence-electron chi connectivity index (χ4n) is 1.69. The minimum absolute atomic E-state index is 0.1000. The summed E-state index contributed by atoms with van der Waals surface area (Å²) in [6.07, 6.45) is 0. The summed E-state index contributed by atoms with van der Waals surface area (Å²) in [5.41, 5.74) is 0.695. The number of aliphatic hydroxyl groups is 1. The smallest absolute Gasteiger partial charge is 0.359 e. The summed E-state index contributed by atoms with van der Waals surface area (Å²) in [5, 5.41) is 10.2. The molecule has 1 aromatic carbocycles. The van der Waals surface area contributed by atoms with Gasteiger partial charge in [0.1, 0.15) is 5.75 Å². The van der Waals surface area contributed by atoms with Gasteiger partial charge in [0.2, 0.25) is 0 Å². The van der Waals surface area contributed by atoms with E-state index in [0.717, 1.165) is 4.90 Å². The molecule has 2 rings (SSSR count). The molecule has 0 amide bonds. The maximum absolute atomic E-state index is 11.6. The Kier molecular flexibility index (Phi) is 3.38. The van der Waals surface area contributed by atoms with Crippen molar-refractivity contribution in [1.82, 2.24) is 4.31 Å². The van der Waals surface area contributed by atoms with Gasteiger partial charge in [-0.3, -0.25) is 0 Å². The molecule has 0 fully saturated rings. The highest BCUT2D eigenvalue weighted by molar-refractivity contribution is 7.97. The molecule has 0 saturated carbocycles. The van der Waals surface area contributed by atoms with Crippen molar-refractivity contribution in [3.63, 3.8) is 0 Å². The van der Waals surface area contributed by atoms with Crippen LogP contribution in [0.4, 0.5) is 0 Å². The topological polar surface area (TPSA) is 59.0 Å². The van der Waals surface area contributed by atoms with Gasteiger partial charge in [-0.15, -0.1) is 0 Å². The first-order valence-corrected chi connectivity index (χ1v) is 5.97. The lowest BCUT2D eigenvalue weighted by Gasteiger charge is -2.26. The normalized spacial score (nSPS) is 14.3. The Bertz CT molecular complexity index is 527. The number of benzene rings is 1. The molecule has 96 valence electrons. The number of hydrogen-bond donors (Lipinski definition) is 1. The molecule has 0 atom stereocenters. The standard InChI is InChI=1S/C12H13NO4S/c1-13-10(12(15)17-3)11(14)8-6-7(16-2)4-5-9(8)18-13/h4-6,14H,1-3H3. The SMILES string of the molecule is COC(=O)C1=C(O)c2cc(OC)ccc2SN1C. The molecule has 6 heteroatoms. The molecular formula is C12H13NO4S. The fraction of sp³-hybridized carbons (Fsp3) is 0.250. The van der Waals surface area contributed by atoms with Gasteiger partial charge >= 0.3 is 5.97 Å². The molecule has 0 saturated heterocycles. The average molecular weight is 267 g/mol. The monoisotopic (exact) mass is 267 g/mol. The van der Waals surface area contributed by atoms with E-state index in [2.05, 4.69) is 4.74 Å². The Balaban J connectivity index is 2.56. The first-order chi connectivity index (χ1) is 8.58. The van der Waals surface area contributed by atoms with Gasteiger partial charge in [-0.05, 0) is 30.1 Å². The second-order valence-electron chi connectivity index (χ2n) is 3.64. The maximum Gasteiger partial charge on any atom is 0.359 e. The van der Waals surface area contributed by atoms with E-state index in [1.54, 1.807) is 30.6 Å². The molecule has 0 spiro atoms. The summed E-state index contributed by atoms with van der Waals surface area (Å²) in [6.45, 7) is 0. The Morgan fingerprint density at radius 3 is 2.72 bits per heavy atom. The molecule has 0 bridgehead atoms. The highest BCUT2D eigenvalue weighted by atomic mass is 32.2. The van der Waals surface area contributed by atoms with E-state index in [-0.39, 0.29) is 11.5 Å². The van der Waals surface area contributed by atoms with Crippen molar-refractivity contribution in [3.05, 3.63) is 29.5 Å². The number of methoxy groups -OCH3 is 2. The molecule has 1 aromatic rings.